The molecule has 0 spiro atoms. The average Bonchev–Trinajstić information content (AvgIpc) is 2.72. The molecule has 0 aliphatic carbocycles. The van der Waals surface area contributed by atoms with Crippen LogP contribution < -0.4 is 10.1 Å². The highest BCUT2D eigenvalue weighted by Gasteiger charge is 2.15. The average molecular weight is 410 g/mol. The summed E-state index contributed by atoms with van der Waals surface area (Å²) >= 11 is 0. The van der Waals surface area contributed by atoms with Crippen molar-refractivity contribution in [3.8, 4) is 16.9 Å². The van der Waals surface area contributed by atoms with Crippen LogP contribution in [0.25, 0.3) is 11.1 Å². The molecular weight excluding hydrogens is 386 g/mol. The van der Waals surface area contributed by atoms with Crippen molar-refractivity contribution >= 4 is 5.91 Å². The lowest BCUT2D eigenvalue weighted by Gasteiger charge is -2.14. The van der Waals surface area contributed by atoms with Crippen molar-refractivity contribution in [1.82, 2.24) is 10.2 Å². The van der Waals surface area contributed by atoms with Crippen LogP contribution in [0.4, 0.5) is 8.78 Å². The van der Waals surface area contributed by atoms with Gasteiger partial charge in [-0.15, -0.1) is 0 Å². The molecular formula is C24H24F2N2O2. The zero-order valence-corrected chi connectivity index (χ0v) is 16.9. The highest BCUT2D eigenvalue weighted by molar-refractivity contribution is 5.97. The summed E-state index contributed by atoms with van der Waals surface area (Å²) in [5, 5.41) is 2.81. The number of nitrogens with zero attached hydrogens (tertiary/aromatic N) is 1. The number of alkyl halides is 2. The van der Waals surface area contributed by atoms with Gasteiger partial charge in [0.05, 0.1) is 5.56 Å². The zero-order chi connectivity index (χ0) is 21.5. The number of amides is 1. The molecule has 0 radical (unpaired) electrons. The second-order valence-electron chi connectivity index (χ2n) is 7.15. The van der Waals surface area contributed by atoms with Crippen LogP contribution in [0.1, 0.15) is 21.5 Å². The van der Waals surface area contributed by atoms with E-state index in [2.05, 4.69) is 39.2 Å². The fourth-order valence-electron chi connectivity index (χ4n) is 3.23. The summed E-state index contributed by atoms with van der Waals surface area (Å²) in [7, 11) is 4.05. The van der Waals surface area contributed by atoms with Crippen LogP contribution in [0.5, 0.6) is 5.75 Å². The summed E-state index contributed by atoms with van der Waals surface area (Å²) in [6.45, 7) is -1.87. The lowest BCUT2D eigenvalue weighted by Crippen LogP contribution is -2.24. The SMILES string of the molecule is CN(C)Cc1ccc(-c2ccccc2CNC(=O)c2ccccc2OC(F)F)cc1. The number of hydrogen-bond donors (Lipinski definition) is 1. The molecule has 1 amide bonds. The Bertz CT molecular complexity index is 989. The Morgan fingerprint density at radius 2 is 1.63 bits per heavy atom. The summed E-state index contributed by atoms with van der Waals surface area (Å²) in [6, 6.07) is 22.0. The molecule has 3 aromatic rings. The second-order valence-corrected chi connectivity index (χ2v) is 7.15. The van der Waals surface area contributed by atoms with Crippen molar-refractivity contribution in [3.63, 3.8) is 0 Å². The quantitative estimate of drug-likeness (QED) is 0.572. The van der Waals surface area contributed by atoms with E-state index >= 15 is 0 Å². The van der Waals surface area contributed by atoms with Crippen molar-refractivity contribution < 1.29 is 18.3 Å². The summed E-state index contributed by atoms with van der Waals surface area (Å²) in [5.41, 5.74) is 4.27. The molecule has 3 rings (SSSR count). The Balaban J connectivity index is 1.75. The van der Waals surface area contributed by atoms with E-state index < -0.39 is 12.5 Å². The normalized spacial score (nSPS) is 11.0. The van der Waals surface area contributed by atoms with E-state index in [0.717, 1.165) is 23.2 Å². The van der Waals surface area contributed by atoms with E-state index in [1.54, 1.807) is 12.1 Å². The fraction of sp³-hybridized carbons (Fsp3) is 0.208. The van der Waals surface area contributed by atoms with Crippen LogP contribution in [0, 0.1) is 0 Å². The highest BCUT2D eigenvalue weighted by Crippen LogP contribution is 2.25. The number of carbonyl (C=O) groups excluding carboxylic acids is 1. The molecule has 30 heavy (non-hydrogen) atoms. The third-order valence-corrected chi connectivity index (χ3v) is 4.57. The maximum absolute atomic E-state index is 12.6. The molecule has 0 aliphatic heterocycles. The van der Waals surface area contributed by atoms with Gasteiger partial charge < -0.3 is 15.0 Å². The van der Waals surface area contributed by atoms with Gasteiger partial charge in [0.1, 0.15) is 5.75 Å². The topological polar surface area (TPSA) is 41.6 Å². The molecule has 0 saturated heterocycles. The molecule has 0 fully saturated rings. The number of hydrogen-bond acceptors (Lipinski definition) is 3. The van der Waals surface area contributed by atoms with Gasteiger partial charge in [-0.25, -0.2) is 0 Å². The molecule has 1 N–H and O–H groups in total. The molecule has 0 aliphatic rings. The minimum Gasteiger partial charge on any atom is -0.434 e. The van der Waals surface area contributed by atoms with Crippen LogP contribution in [0.3, 0.4) is 0 Å². The zero-order valence-electron chi connectivity index (χ0n) is 16.9. The molecule has 4 nitrogen and oxygen atoms in total. The number of ether oxygens (including phenoxy) is 1. The molecule has 0 atom stereocenters. The lowest BCUT2D eigenvalue weighted by atomic mass is 9.98. The number of para-hydroxylation sites is 1. The largest absolute Gasteiger partial charge is 0.434 e. The van der Waals surface area contributed by atoms with E-state index in [-0.39, 0.29) is 17.9 Å². The number of nitrogens with one attached hydrogen (secondary N) is 1. The van der Waals surface area contributed by atoms with Gasteiger partial charge in [0.2, 0.25) is 0 Å². The van der Waals surface area contributed by atoms with E-state index in [4.69, 9.17) is 0 Å². The summed E-state index contributed by atoms with van der Waals surface area (Å²) in [5.74, 6) is -0.614. The number of halogens is 2. The van der Waals surface area contributed by atoms with Gasteiger partial charge in [0, 0.05) is 13.1 Å². The van der Waals surface area contributed by atoms with Crippen LogP contribution in [0.2, 0.25) is 0 Å². The first kappa shape index (κ1) is 21.5. The molecule has 3 aromatic carbocycles. The van der Waals surface area contributed by atoms with Gasteiger partial charge in [-0.3, -0.25) is 4.79 Å². The number of benzene rings is 3. The molecule has 0 heterocycles. The van der Waals surface area contributed by atoms with E-state index in [1.807, 2.05) is 38.4 Å². The Hall–Kier alpha value is -3.25. The van der Waals surface area contributed by atoms with Gasteiger partial charge in [0.15, 0.2) is 0 Å². The molecule has 0 unspecified atom stereocenters. The van der Waals surface area contributed by atoms with Crippen molar-refractivity contribution in [2.75, 3.05) is 14.1 Å². The first-order valence-corrected chi connectivity index (χ1v) is 9.58. The minimum atomic E-state index is -2.99. The maximum atomic E-state index is 12.6. The highest BCUT2D eigenvalue weighted by atomic mass is 19.3. The summed E-state index contributed by atoms with van der Waals surface area (Å²) in [4.78, 5) is 14.7. The third kappa shape index (κ3) is 5.64. The molecule has 0 aromatic heterocycles. The van der Waals surface area contributed by atoms with Gasteiger partial charge >= 0.3 is 6.61 Å². The van der Waals surface area contributed by atoms with Gasteiger partial charge in [-0.1, -0.05) is 60.7 Å². The second kappa shape index (κ2) is 9.98. The Labute approximate surface area is 175 Å². The third-order valence-electron chi connectivity index (χ3n) is 4.57. The maximum Gasteiger partial charge on any atom is 0.387 e. The van der Waals surface area contributed by atoms with E-state index in [1.165, 1.54) is 17.7 Å². The van der Waals surface area contributed by atoms with Crippen molar-refractivity contribution in [2.45, 2.75) is 19.7 Å². The first-order valence-electron chi connectivity index (χ1n) is 9.58. The summed E-state index contributed by atoms with van der Waals surface area (Å²) < 4.78 is 29.6. The first-order chi connectivity index (χ1) is 14.4. The Kier molecular flexibility index (Phi) is 7.14. The van der Waals surface area contributed by atoms with Crippen LogP contribution in [-0.2, 0) is 13.1 Å². The van der Waals surface area contributed by atoms with Gasteiger partial charge in [0.25, 0.3) is 5.91 Å². The number of rotatable bonds is 8. The van der Waals surface area contributed by atoms with Gasteiger partial charge in [-0.05, 0) is 48.5 Å². The molecule has 0 saturated carbocycles. The number of carbonyl (C=O) groups is 1. The fourth-order valence-corrected chi connectivity index (χ4v) is 3.23. The monoisotopic (exact) mass is 410 g/mol. The van der Waals surface area contributed by atoms with Crippen molar-refractivity contribution in [3.05, 3.63) is 89.5 Å². The molecule has 6 heteroatoms. The Morgan fingerprint density at radius 1 is 0.967 bits per heavy atom. The van der Waals surface area contributed by atoms with Crippen molar-refractivity contribution in [1.29, 1.82) is 0 Å². The Morgan fingerprint density at radius 3 is 2.33 bits per heavy atom. The van der Waals surface area contributed by atoms with Crippen molar-refractivity contribution in [2.24, 2.45) is 0 Å². The van der Waals surface area contributed by atoms with E-state index in [0.29, 0.717) is 0 Å². The molecule has 156 valence electrons. The van der Waals surface area contributed by atoms with E-state index in [9.17, 15) is 13.6 Å². The minimum absolute atomic E-state index is 0.0725. The van der Waals surface area contributed by atoms with Crippen LogP contribution in [0.15, 0.2) is 72.8 Å². The van der Waals surface area contributed by atoms with Crippen LogP contribution >= 0.6 is 0 Å². The van der Waals surface area contributed by atoms with Gasteiger partial charge in [-0.2, -0.15) is 8.78 Å². The van der Waals surface area contributed by atoms with Crippen LogP contribution in [-0.4, -0.2) is 31.5 Å². The predicted octanol–water partition coefficient (Wildman–Crippen LogP) is 4.95. The molecule has 0 bridgehead atoms. The smallest absolute Gasteiger partial charge is 0.387 e. The summed E-state index contributed by atoms with van der Waals surface area (Å²) in [6.07, 6.45) is 0. The predicted molar refractivity (Wildman–Crippen MR) is 114 cm³/mol. The standard InChI is InChI=1S/C24H24F2N2O2/c1-28(2)16-17-11-13-18(14-12-17)20-8-4-3-7-19(20)15-27-23(29)21-9-5-6-10-22(21)30-24(25)26/h3-14,24H,15-16H2,1-2H3,(H,27,29). The lowest BCUT2D eigenvalue weighted by molar-refractivity contribution is -0.0501.